The fourth-order valence-corrected chi connectivity index (χ4v) is 6.44. The van der Waals surface area contributed by atoms with Crippen LogP contribution in [0, 0.1) is 11.3 Å². The van der Waals surface area contributed by atoms with Gasteiger partial charge < -0.3 is 9.42 Å². The predicted octanol–water partition coefficient (Wildman–Crippen LogP) is 7.65. The topological polar surface area (TPSA) is 59.2 Å². The number of carbonyl (C=O) groups excluding carboxylic acids is 1. The summed E-state index contributed by atoms with van der Waals surface area (Å²) in [7, 11) is 0. The molecule has 214 valence electrons. The Morgan fingerprint density at radius 1 is 1.00 bits per heavy atom. The highest BCUT2D eigenvalue weighted by atomic mass is 19.4. The summed E-state index contributed by atoms with van der Waals surface area (Å²) in [5, 5.41) is 3.84. The van der Waals surface area contributed by atoms with Crippen molar-refractivity contribution in [3.63, 3.8) is 0 Å². The zero-order chi connectivity index (χ0) is 28.3. The van der Waals surface area contributed by atoms with Crippen LogP contribution in [0.3, 0.4) is 0 Å². The average Bonchev–Trinajstić information content (AvgIpc) is 3.40. The first-order chi connectivity index (χ1) is 18.1. The van der Waals surface area contributed by atoms with Gasteiger partial charge in [-0.3, -0.25) is 4.79 Å². The van der Waals surface area contributed by atoms with Gasteiger partial charge in [0.05, 0.1) is 5.56 Å². The molecule has 0 aliphatic heterocycles. The number of fused-ring (bicyclic) bond motifs is 3. The van der Waals surface area contributed by atoms with Gasteiger partial charge in [-0.2, -0.15) is 26.9 Å². The fraction of sp³-hybridized carbons (Fsp3) is 0.667. The summed E-state index contributed by atoms with van der Waals surface area (Å²) in [5.41, 5.74) is -1.74. The molecular formula is C27H30F7N3O2. The molecule has 5 nitrogen and oxygen atoms in total. The number of aromatic nitrogens is 2. The van der Waals surface area contributed by atoms with Gasteiger partial charge in [0.15, 0.2) is 5.82 Å². The predicted molar refractivity (Wildman–Crippen MR) is 126 cm³/mol. The molecule has 4 aliphatic carbocycles. The highest BCUT2D eigenvalue weighted by molar-refractivity contribution is 5.95. The second kappa shape index (κ2) is 9.47. The lowest BCUT2D eigenvalue weighted by Crippen LogP contribution is -2.52. The van der Waals surface area contributed by atoms with E-state index in [-0.39, 0.29) is 30.9 Å². The highest BCUT2D eigenvalue weighted by Crippen LogP contribution is 2.58. The first-order valence-corrected chi connectivity index (χ1v) is 13.2. The molecule has 2 aromatic rings. The van der Waals surface area contributed by atoms with Crippen LogP contribution in [0.1, 0.15) is 88.4 Å². The molecule has 0 radical (unpaired) electrons. The number of alkyl halides is 7. The molecule has 12 heteroatoms. The van der Waals surface area contributed by atoms with Crippen LogP contribution in [0.25, 0.3) is 0 Å². The Morgan fingerprint density at radius 3 is 2.15 bits per heavy atom. The summed E-state index contributed by atoms with van der Waals surface area (Å²) in [6, 6.07) is 4.56. The van der Waals surface area contributed by atoms with Gasteiger partial charge in [0.25, 0.3) is 5.89 Å². The average molecular weight is 562 g/mol. The molecule has 4 fully saturated rings. The normalized spacial score (nSPS) is 27.5. The van der Waals surface area contributed by atoms with Crippen molar-refractivity contribution >= 4 is 11.6 Å². The van der Waals surface area contributed by atoms with Crippen molar-refractivity contribution in [2.45, 2.75) is 94.6 Å². The van der Waals surface area contributed by atoms with Gasteiger partial charge in [-0.25, -0.2) is 8.78 Å². The maximum atomic E-state index is 13.8. The highest BCUT2D eigenvalue weighted by Gasteiger charge is 2.53. The van der Waals surface area contributed by atoms with Crippen molar-refractivity contribution in [1.29, 1.82) is 0 Å². The molecule has 0 atom stereocenters. The third kappa shape index (κ3) is 5.52. The molecule has 0 saturated heterocycles. The summed E-state index contributed by atoms with van der Waals surface area (Å²) in [4.78, 5) is 19.0. The standard InChI is InChI=1S/C27H30F7N3O2/c1-23(28,29)22-35-21(36-39-22)25-12-9-24(10-13-25,11-14-25)16-37(19-4-2-3-18(15-19)27(32,33)34)20(38)17-5-7-26(30,31)8-6-17/h2-4,15,17H,5-14,16H2,1H3. The van der Waals surface area contributed by atoms with Gasteiger partial charge in [0.2, 0.25) is 11.8 Å². The minimum Gasteiger partial charge on any atom is -0.333 e. The van der Waals surface area contributed by atoms with Gasteiger partial charge >= 0.3 is 12.1 Å². The van der Waals surface area contributed by atoms with Crippen molar-refractivity contribution in [2.75, 3.05) is 11.4 Å². The largest absolute Gasteiger partial charge is 0.416 e. The Kier molecular flexibility index (Phi) is 6.77. The fourth-order valence-electron chi connectivity index (χ4n) is 6.44. The lowest BCUT2D eigenvalue weighted by atomic mass is 9.53. The van der Waals surface area contributed by atoms with Crippen LogP contribution in [0.4, 0.5) is 36.4 Å². The molecule has 0 unspecified atom stereocenters. The van der Waals surface area contributed by atoms with Gasteiger partial charge in [0, 0.05) is 43.3 Å². The molecule has 0 spiro atoms. The summed E-state index contributed by atoms with van der Waals surface area (Å²) < 4.78 is 100. The molecule has 2 bridgehead atoms. The third-order valence-corrected chi connectivity index (χ3v) is 8.99. The van der Waals surface area contributed by atoms with E-state index in [4.69, 9.17) is 4.52 Å². The number of anilines is 1. The van der Waals surface area contributed by atoms with Gasteiger partial charge in [-0.1, -0.05) is 11.2 Å². The van der Waals surface area contributed by atoms with Crippen LogP contribution < -0.4 is 4.90 Å². The molecule has 39 heavy (non-hydrogen) atoms. The van der Waals surface area contributed by atoms with Crippen molar-refractivity contribution in [3.05, 3.63) is 41.5 Å². The minimum atomic E-state index is -4.61. The molecular weight excluding hydrogens is 531 g/mol. The van der Waals surface area contributed by atoms with Crippen LogP contribution >= 0.6 is 0 Å². The van der Waals surface area contributed by atoms with Crippen molar-refractivity contribution in [3.8, 4) is 0 Å². The third-order valence-electron chi connectivity index (χ3n) is 8.99. The minimum absolute atomic E-state index is 0.0281. The monoisotopic (exact) mass is 561 g/mol. The van der Waals surface area contributed by atoms with Crippen LogP contribution in [-0.4, -0.2) is 28.5 Å². The summed E-state index contributed by atoms with van der Waals surface area (Å²) >= 11 is 0. The van der Waals surface area contributed by atoms with E-state index in [0.29, 0.717) is 45.4 Å². The van der Waals surface area contributed by atoms with E-state index in [9.17, 15) is 35.5 Å². The number of carbonyl (C=O) groups is 1. The van der Waals surface area contributed by atoms with Gasteiger partial charge in [-0.05, 0) is 75.0 Å². The zero-order valence-electron chi connectivity index (χ0n) is 21.5. The van der Waals surface area contributed by atoms with Crippen LogP contribution in [0.5, 0.6) is 0 Å². The second-order valence-electron chi connectivity index (χ2n) is 11.7. The maximum absolute atomic E-state index is 13.8. The Balaban J connectivity index is 1.39. The van der Waals surface area contributed by atoms with Crippen LogP contribution in [0.15, 0.2) is 28.8 Å². The Labute approximate surface area is 221 Å². The summed E-state index contributed by atoms with van der Waals surface area (Å²) in [5.74, 6) is -7.74. The molecule has 1 heterocycles. The molecule has 1 aromatic heterocycles. The lowest BCUT2D eigenvalue weighted by molar-refractivity contribution is -0.137. The van der Waals surface area contributed by atoms with E-state index in [1.165, 1.54) is 17.0 Å². The van der Waals surface area contributed by atoms with E-state index in [1.54, 1.807) is 0 Å². The summed E-state index contributed by atoms with van der Waals surface area (Å²) in [6.07, 6.45) is -2.09. The second-order valence-corrected chi connectivity index (χ2v) is 11.7. The van der Waals surface area contributed by atoms with Crippen molar-refractivity contribution in [2.24, 2.45) is 11.3 Å². The summed E-state index contributed by atoms with van der Waals surface area (Å²) in [6.45, 7) is 0.836. The maximum Gasteiger partial charge on any atom is 0.416 e. The number of nitrogens with zero attached hydrogens (tertiary/aromatic N) is 3. The number of halogens is 7. The number of hydrogen-bond donors (Lipinski definition) is 0. The van der Waals surface area contributed by atoms with Gasteiger partial charge in [0.1, 0.15) is 0 Å². The first-order valence-electron chi connectivity index (χ1n) is 13.2. The van der Waals surface area contributed by atoms with E-state index in [2.05, 4.69) is 10.1 Å². The zero-order valence-corrected chi connectivity index (χ0v) is 21.5. The molecule has 4 aliphatic rings. The Bertz CT molecular complexity index is 1190. The molecule has 6 rings (SSSR count). The number of benzene rings is 1. The Hall–Kier alpha value is -2.66. The van der Waals surface area contributed by atoms with E-state index < -0.39 is 65.0 Å². The first kappa shape index (κ1) is 27.9. The molecule has 1 aromatic carbocycles. The number of rotatable bonds is 6. The van der Waals surface area contributed by atoms with Crippen LogP contribution in [-0.2, 0) is 22.3 Å². The van der Waals surface area contributed by atoms with Crippen molar-refractivity contribution in [1.82, 2.24) is 10.1 Å². The van der Waals surface area contributed by atoms with E-state index in [0.717, 1.165) is 12.1 Å². The number of amides is 1. The smallest absolute Gasteiger partial charge is 0.333 e. The number of hydrogen-bond acceptors (Lipinski definition) is 4. The van der Waals surface area contributed by atoms with E-state index >= 15 is 0 Å². The molecule has 4 saturated carbocycles. The lowest BCUT2D eigenvalue weighted by Gasteiger charge is -2.53. The quantitative estimate of drug-likeness (QED) is 0.340. The SMILES string of the molecule is CC(F)(F)c1nc(C23CCC(CN(C(=O)C4CCC(F)(F)CC4)c4cccc(C(F)(F)F)c4)(CC2)CC3)no1. The molecule has 0 N–H and O–H groups in total. The molecule has 1 amide bonds. The van der Waals surface area contributed by atoms with Crippen LogP contribution in [0.2, 0.25) is 0 Å². The van der Waals surface area contributed by atoms with Gasteiger partial charge in [-0.15, -0.1) is 0 Å². The Morgan fingerprint density at radius 2 is 1.62 bits per heavy atom. The van der Waals surface area contributed by atoms with E-state index in [1.807, 2.05) is 0 Å². The van der Waals surface area contributed by atoms with Crippen molar-refractivity contribution < 1.29 is 40.1 Å².